The molecule has 0 spiro atoms. The highest BCUT2D eigenvalue weighted by Crippen LogP contribution is 2.07. The molecular weight excluding hydrogens is 156 g/mol. The predicted octanol–water partition coefficient (Wildman–Crippen LogP) is 0.694. The van der Waals surface area contributed by atoms with Crippen molar-refractivity contribution in [2.45, 2.75) is 26.4 Å². The van der Waals surface area contributed by atoms with Gasteiger partial charge in [-0.05, 0) is 20.8 Å². The first-order valence-electron chi connectivity index (χ1n) is 3.45. The van der Waals surface area contributed by atoms with Gasteiger partial charge in [-0.3, -0.25) is 0 Å². The van der Waals surface area contributed by atoms with Crippen molar-refractivity contribution >= 4 is 5.97 Å². The van der Waals surface area contributed by atoms with Gasteiger partial charge in [0.25, 0.3) is 0 Å². The molecule has 12 heavy (non-hydrogen) atoms. The van der Waals surface area contributed by atoms with Crippen molar-refractivity contribution in [1.82, 2.24) is 0 Å². The van der Waals surface area contributed by atoms with Crippen LogP contribution in [0.15, 0.2) is 11.8 Å². The molecule has 0 rings (SSSR count). The summed E-state index contributed by atoms with van der Waals surface area (Å²) in [6, 6.07) is 1.62. The van der Waals surface area contributed by atoms with E-state index in [0.29, 0.717) is 0 Å². The third-order valence-corrected chi connectivity index (χ3v) is 0.809. The summed E-state index contributed by atoms with van der Waals surface area (Å²) in [4.78, 5) is 10.9. The topological polar surface area (TPSA) is 76.1 Å². The van der Waals surface area contributed by atoms with Crippen molar-refractivity contribution in [3.63, 3.8) is 0 Å². The largest absolute Gasteiger partial charge is 0.457 e. The van der Waals surface area contributed by atoms with Crippen LogP contribution >= 0.6 is 0 Å². The second-order valence-corrected chi connectivity index (χ2v) is 3.24. The summed E-state index contributed by atoms with van der Waals surface area (Å²) in [6.45, 7) is 5.21. The molecule has 4 heteroatoms. The van der Waals surface area contributed by atoms with E-state index in [1.54, 1.807) is 26.8 Å². The van der Waals surface area contributed by atoms with E-state index in [-0.39, 0.29) is 5.70 Å². The molecule has 4 nitrogen and oxygen atoms in total. The van der Waals surface area contributed by atoms with Crippen molar-refractivity contribution in [3.05, 3.63) is 11.8 Å². The lowest BCUT2D eigenvalue weighted by Gasteiger charge is -2.17. The van der Waals surface area contributed by atoms with Gasteiger partial charge in [0.15, 0.2) is 0 Å². The van der Waals surface area contributed by atoms with Crippen LogP contribution in [0.4, 0.5) is 0 Å². The number of nitrogens with zero attached hydrogens (tertiary/aromatic N) is 1. The van der Waals surface area contributed by atoms with Gasteiger partial charge in [-0.2, -0.15) is 5.26 Å². The van der Waals surface area contributed by atoms with Crippen LogP contribution in [0.2, 0.25) is 0 Å². The standard InChI is InChI=1S/C8H12N2O2/c1-8(2,3)12-7(11)4-6(10)5-9/h4H,10H2,1-3H3/b6-4-. The van der Waals surface area contributed by atoms with Crippen LogP contribution in [0, 0.1) is 11.3 Å². The molecule has 0 unspecified atom stereocenters. The molecule has 0 fully saturated rings. The number of carbonyl (C=O) groups is 1. The van der Waals surface area contributed by atoms with Crippen LogP contribution in [0.1, 0.15) is 20.8 Å². The van der Waals surface area contributed by atoms with Crippen LogP contribution in [0.25, 0.3) is 0 Å². The number of allylic oxidation sites excluding steroid dienone is 1. The van der Waals surface area contributed by atoms with Gasteiger partial charge >= 0.3 is 5.97 Å². The summed E-state index contributed by atoms with van der Waals surface area (Å²) in [6.07, 6.45) is 0.964. The Morgan fingerprint density at radius 1 is 1.58 bits per heavy atom. The summed E-state index contributed by atoms with van der Waals surface area (Å²) < 4.78 is 4.86. The lowest BCUT2D eigenvalue weighted by atomic mass is 10.2. The maximum Gasteiger partial charge on any atom is 0.334 e. The Morgan fingerprint density at radius 2 is 2.08 bits per heavy atom. The Bertz CT molecular complexity index is 243. The van der Waals surface area contributed by atoms with E-state index >= 15 is 0 Å². The summed E-state index contributed by atoms with van der Waals surface area (Å²) >= 11 is 0. The molecule has 0 radical (unpaired) electrons. The molecule has 0 atom stereocenters. The molecule has 0 heterocycles. The second kappa shape index (κ2) is 3.77. The van der Waals surface area contributed by atoms with Crippen molar-refractivity contribution in [2.24, 2.45) is 5.73 Å². The normalized spacial score (nSPS) is 12.0. The van der Waals surface area contributed by atoms with E-state index in [9.17, 15) is 4.79 Å². The molecule has 0 aliphatic rings. The molecule has 0 aliphatic carbocycles. The maximum atomic E-state index is 10.9. The quantitative estimate of drug-likeness (QED) is 0.355. The lowest BCUT2D eigenvalue weighted by Crippen LogP contribution is -2.23. The number of rotatable bonds is 1. The fourth-order valence-electron chi connectivity index (χ4n) is 0.490. The highest BCUT2D eigenvalue weighted by atomic mass is 16.6. The average molecular weight is 168 g/mol. The first kappa shape index (κ1) is 10.5. The van der Waals surface area contributed by atoms with Gasteiger partial charge in [0.1, 0.15) is 17.4 Å². The Hall–Kier alpha value is -1.50. The monoisotopic (exact) mass is 168 g/mol. The van der Waals surface area contributed by atoms with Crippen molar-refractivity contribution in [3.8, 4) is 6.07 Å². The molecule has 0 aromatic rings. The molecule has 0 amide bonds. The highest BCUT2D eigenvalue weighted by molar-refractivity contribution is 5.83. The molecule has 0 aliphatic heterocycles. The summed E-state index contributed by atoms with van der Waals surface area (Å²) in [5.41, 5.74) is 4.39. The van der Waals surface area contributed by atoms with Crippen LogP contribution in [-0.2, 0) is 9.53 Å². The van der Waals surface area contributed by atoms with E-state index in [1.807, 2.05) is 0 Å². The van der Waals surface area contributed by atoms with Crippen LogP contribution in [0.5, 0.6) is 0 Å². The van der Waals surface area contributed by atoms with Crippen LogP contribution < -0.4 is 5.73 Å². The van der Waals surface area contributed by atoms with E-state index in [0.717, 1.165) is 6.08 Å². The van der Waals surface area contributed by atoms with Crippen molar-refractivity contribution in [2.75, 3.05) is 0 Å². The average Bonchev–Trinajstić information content (AvgIpc) is 1.82. The summed E-state index contributed by atoms with van der Waals surface area (Å²) in [7, 11) is 0. The predicted molar refractivity (Wildman–Crippen MR) is 43.7 cm³/mol. The van der Waals surface area contributed by atoms with Crippen LogP contribution in [-0.4, -0.2) is 11.6 Å². The Labute approximate surface area is 71.6 Å². The minimum Gasteiger partial charge on any atom is -0.457 e. The van der Waals surface area contributed by atoms with Crippen LogP contribution in [0.3, 0.4) is 0 Å². The fourth-order valence-corrected chi connectivity index (χ4v) is 0.490. The molecule has 0 aromatic heterocycles. The smallest absolute Gasteiger partial charge is 0.334 e. The third kappa shape index (κ3) is 5.30. The molecule has 2 N–H and O–H groups in total. The minimum absolute atomic E-state index is 0.149. The molecule has 0 saturated heterocycles. The number of esters is 1. The zero-order chi connectivity index (χ0) is 9.78. The van der Waals surface area contributed by atoms with E-state index in [4.69, 9.17) is 15.7 Å². The maximum absolute atomic E-state index is 10.9. The van der Waals surface area contributed by atoms with Gasteiger partial charge in [0.05, 0.1) is 6.08 Å². The fraction of sp³-hybridized carbons (Fsp3) is 0.500. The molecule has 0 bridgehead atoms. The van der Waals surface area contributed by atoms with Crippen molar-refractivity contribution in [1.29, 1.82) is 5.26 Å². The molecular formula is C8H12N2O2. The van der Waals surface area contributed by atoms with Gasteiger partial charge < -0.3 is 10.5 Å². The van der Waals surface area contributed by atoms with Crippen molar-refractivity contribution < 1.29 is 9.53 Å². The lowest BCUT2D eigenvalue weighted by molar-refractivity contribution is -0.148. The zero-order valence-corrected chi connectivity index (χ0v) is 7.42. The zero-order valence-electron chi connectivity index (χ0n) is 7.42. The van der Waals surface area contributed by atoms with E-state index in [2.05, 4.69) is 0 Å². The number of hydrogen-bond acceptors (Lipinski definition) is 4. The third-order valence-electron chi connectivity index (χ3n) is 0.809. The number of ether oxygens (including phenoxy) is 1. The minimum atomic E-state index is -0.596. The number of nitrogens with two attached hydrogens (primary N) is 1. The number of carbonyl (C=O) groups excluding carboxylic acids is 1. The Kier molecular flexibility index (Phi) is 3.30. The highest BCUT2D eigenvalue weighted by Gasteiger charge is 2.14. The van der Waals surface area contributed by atoms with Gasteiger partial charge in [-0.25, -0.2) is 4.79 Å². The summed E-state index contributed by atoms with van der Waals surface area (Å²) in [5, 5.41) is 8.23. The van der Waals surface area contributed by atoms with E-state index in [1.165, 1.54) is 0 Å². The number of nitriles is 1. The Balaban J connectivity index is 4.20. The first-order chi connectivity index (χ1) is 5.35. The first-order valence-corrected chi connectivity index (χ1v) is 3.45. The Morgan fingerprint density at radius 3 is 2.42 bits per heavy atom. The summed E-state index contributed by atoms with van der Waals surface area (Å²) in [5.74, 6) is -0.596. The molecule has 0 saturated carbocycles. The molecule has 0 aromatic carbocycles. The molecule has 66 valence electrons. The van der Waals surface area contributed by atoms with Gasteiger partial charge in [-0.15, -0.1) is 0 Å². The number of hydrogen-bond donors (Lipinski definition) is 1. The second-order valence-electron chi connectivity index (χ2n) is 3.24. The van der Waals surface area contributed by atoms with Gasteiger partial charge in [-0.1, -0.05) is 0 Å². The van der Waals surface area contributed by atoms with Gasteiger partial charge in [0.2, 0.25) is 0 Å². The van der Waals surface area contributed by atoms with E-state index < -0.39 is 11.6 Å². The SMILES string of the molecule is CC(C)(C)OC(=O)/C=C(\N)C#N. The van der Waals surface area contributed by atoms with Gasteiger partial charge in [0, 0.05) is 0 Å².